The Morgan fingerprint density at radius 2 is 1.75 bits per heavy atom. The fourth-order valence-electron chi connectivity index (χ4n) is 3.62. The predicted octanol–water partition coefficient (Wildman–Crippen LogP) is 5.31. The van der Waals surface area contributed by atoms with Crippen LogP contribution in [0.2, 0.25) is 5.28 Å². The second kappa shape index (κ2) is 10.5. The maximum absolute atomic E-state index is 15.7. The summed E-state index contributed by atoms with van der Waals surface area (Å²) >= 11 is 7.32. The molecule has 186 valence electrons. The number of halogens is 4. The first-order valence-corrected chi connectivity index (χ1v) is 13.0. The molecule has 36 heavy (non-hydrogen) atoms. The molecule has 1 aliphatic rings. The van der Waals surface area contributed by atoms with Gasteiger partial charge in [0, 0.05) is 24.8 Å². The summed E-state index contributed by atoms with van der Waals surface area (Å²) in [5.74, 6) is -2.80. The monoisotopic (exact) mass is 551 g/mol. The van der Waals surface area contributed by atoms with Crippen molar-refractivity contribution in [3.8, 4) is 21.8 Å². The maximum Gasteiger partial charge on any atom is 0.222 e. The van der Waals surface area contributed by atoms with E-state index in [1.54, 1.807) is 6.07 Å². The molecule has 1 saturated heterocycles. The van der Waals surface area contributed by atoms with E-state index in [2.05, 4.69) is 14.7 Å². The van der Waals surface area contributed by atoms with Crippen LogP contribution in [0.25, 0.3) is 21.8 Å². The Labute approximate surface area is 215 Å². The number of morpholine rings is 1. The Morgan fingerprint density at radius 3 is 2.47 bits per heavy atom. The minimum absolute atomic E-state index is 0.0259. The number of hydrogen-bond acceptors (Lipinski definition) is 7. The Hall–Kier alpha value is -3.06. The molecule has 1 aliphatic heterocycles. The van der Waals surface area contributed by atoms with Crippen molar-refractivity contribution < 1.29 is 22.1 Å². The Kier molecular flexibility index (Phi) is 7.19. The van der Waals surface area contributed by atoms with Crippen molar-refractivity contribution in [1.29, 1.82) is 0 Å². The van der Waals surface area contributed by atoms with E-state index in [1.807, 2.05) is 4.90 Å². The van der Waals surface area contributed by atoms with Crippen LogP contribution in [-0.2, 0) is 15.7 Å². The normalized spacial score (nSPS) is 14.6. The molecule has 13 heteroatoms. The number of anilines is 2. The molecular weight excluding hydrogens is 535 g/mol. The standard InChI is InChI=1S/C23H17ClF3N5O2S2/c24-22-28-8-7-17(29-22)20-19(30-23(35-20)32-9-11-34-12-10-32)13-3-1-6-16(18(13)27)31-36(33)21-14(25)4-2-5-15(21)26/h1-8,31H,9-12H2. The summed E-state index contributed by atoms with van der Waals surface area (Å²) in [5, 5.41) is 0.672. The van der Waals surface area contributed by atoms with Gasteiger partial charge in [-0.05, 0) is 41.9 Å². The second-order valence-corrected chi connectivity index (χ2v) is 10.0. The van der Waals surface area contributed by atoms with Crippen molar-refractivity contribution in [3.05, 3.63) is 71.4 Å². The zero-order chi connectivity index (χ0) is 25.2. The van der Waals surface area contributed by atoms with Gasteiger partial charge in [-0.25, -0.2) is 32.3 Å². The van der Waals surface area contributed by atoms with Crippen LogP contribution >= 0.6 is 22.9 Å². The van der Waals surface area contributed by atoms with E-state index in [9.17, 15) is 13.0 Å². The summed E-state index contributed by atoms with van der Waals surface area (Å²) in [7, 11) is -2.39. The van der Waals surface area contributed by atoms with Gasteiger partial charge in [0.05, 0.1) is 35.2 Å². The zero-order valence-corrected chi connectivity index (χ0v) is 20.8. The van der Waals surface area contributed by atoms with E-state index in [4.69, 9.17) is 21.3 Å². The lowest BCUT2D eigenvalue weighted by Crippen LogP contribution is -2.36. The Bertz CT molecular complexity index is 1430. The summed E-state index contributed by atoms with van der Waals surface area (Å²) in [6.07, 6.45) is 1.49. The van der Waals surface area contributed by atoms with Crippen molar-refractivity contribution in [3.63, 3.8) is 0 Å². The third-order valence-corrected chi connectivity index (χ3v) is 7.80. The Morgan fingerprint density at radius 1 is 1.03 bits per heavy atom. The van der Waals surface area contributed by atoms with Crippen molar-refractivity contribution in [1.82, 2.24) is 15.0 Å². The van der Waals surface area contributed by atoms with Gasteiger partial charge in [0.15, 0.2) is 21.9 Å². The lowest BCUT2D eigenvalue weighted by molar-refractivity contribution is 0.122. The number of nitrogens with zero attached hydrogens (tertiary/aromatic N) is 4. The fraction of sp³-hybridized carbons (Fsp3) is 0.174. The highest BCUT2D eigenvalue weighted by Gasteiger charge is 2.25. The average Bonchev–Trinajstić information content (AvgIpc) is 3.31. The lowest BCUT2D eigenvalue weighted by Gasteiger charge is -2.26. The first kappa shape index (κ1) is 24.6. The number of benzene rings is 2. The van der Waals surface area contributed by atoms with Gasteiger partial charge in [0.1, 0.15) is 16.5 Å². The largest absolute Gasteiger partial charge is 0.378 e. The SMILES string of the molecule is O=S(Nc1cccc(-c2nc(N3CCOCC3)sc2-c2ccnc(Cl)n2)c1F)c1c(F)cccc1F. The molecule has 0 bridgehead atoms. The quantitative estimate of drug-likeness (QED) is 0.327. The second-order valence-electron chi connectivity index (χ2n) is 7.57. The van der Waals surface area contributed by atoms with E-state index < -0.39 is 33.3 Å². The maximum atomic E-state index is 15.7. The number of aromatic nitrogens is 3. The minimum Gasteiger partial charge on any atom is -0.378 e. The van der Waals surface area contributed by atoms with Gasteiger partial charge in [0.2, 0.25) is 5.28 Å². The van der Waals surface area contributed by atoms with E-state index >= 15 is 4.39 Å². The highest BCUT2D eigenvalue weighted by Crippen LogP contribution is 2.42. The number of thiazole rings is 1. The van der Waals surface area contributed by atoms with Crippen LogP contribution in [0, 0.1) is 17.5 Å². The summed E-state index contributed by atoms with van der Waals surface area (Å²) < 4.78 is 64.4. The molecule has 2 aromatic carbocycles. The Balaban J connectivity index is 1.57. The first-order chi connectivity index (χ1) is 17.4. The van der Waals surface area contributed by atoms with Crippen LogP contribution in [0.1, 0.15) is 0 Å². The molecule has 5 rings (SSSR count). The van der Waals surface area contributed by atoms with E-state index in [0.717, 1.165) is 18.2 Å². The number of nitrogens with one attached hydrogen (secondary N) is 1. The van der Waals surface area contributed by atoms with Gasteiger partial charge in [-0.1, -0.05) is 23.5 Å². The van der Waals surface area contributed by atoms with E-state index in [0.29, 0.717) is 47.7 Å². The van der Waals surface area contributed by atoms with Crippen LogP contribution in [-0.4, -0.2) is 45.5 Å². The molecule has 0 saturated carbocycles. The molecule has 1 unspecified atom stereocenters. The lowest BCUT2D eigenvalue weighted by atomic mass is 10.1. The number of rotatable bonds is 6. The van der Waals surface area contributed by atoms with Crippen molar-refractivity contribution in [2.24, 2.45) is 0 Å². The molecule has 2 aromatic heterocycles. The predicted molar refractivity (Wildman–Crippen MR) is 133 cm³/mol. The third-order valence-electron chi connectivity index (χ3n) is 5.32. The summed E-state index contributed by atoms with van der Waals surface area (Å²) in [4.78, 5) is 14.8. The summed E-state index contributed by atoms with van der Waals surface area (Å²) in [6, 6.07) is 9.12. The van der Waals surface area contributed by atoms with Crippen molar-refractivity contribution in [2.45, 2.75) is 4.90 Å². The molecule has 1 N–H and O–H groups in total. The highest BCUT2D eigenvalue weighted by molar-refractivity contribution is 7.86. The molecule has 0 aliphatic carbocycles. The first-order valence-electron chi connectivity index (χ1n) is 10.7. The molecular formula is C23H17ClF3N5O2S2. The van der Waals surface area contributed by atoms with Crippen LogP contribution in [0.15, 0.2) is 53.6 Å². The smallest absolute Gasteiger partial charge is 0.222 e. The van der Waals surface area contributed by atoms with Crippen LogP contribution in [0.3, 0.4) is 0 Å². The molecule has 1 atom stereocenters. The van der Waals surface area contributed by atoms with Gasteiger partial charge < -0.3 is 9.64 Å². The molecule has 0 spiro atoms. The van der Waals surface area contributed by atoms with Crippen molar-refractivity contribution >= 4 is 44.7 Å². The van der Waals surface area contributed by atoms with Crippen molar-refractivity contribution in [2.75, 3.05) is 35.9 Å². The van der Waals surface area contributed by atoms with Gasteiger partial charge in [-0.15, -0.1) is 0 Å². The average molecular weight is 552 g/mol. The van der Waals surface area contributed by atoms with Crippen LogP contribution in [0.5, 0.6) is 0 Å². The molecule has 7 nitrogen and oxygen atoms in total. The van der Waals surface area contributed by atoms with Crippen LogP contribution < -0.4 is 9.62 Å². The zero-order valence-electron chi connectivity index (χ0n) is 18.4. The van der Waals surface area contributed by atoms with Gasteiger partial charge in [-0.2, -0.15) is 0 Å². The van der Waals surface area contributed by atoms with E-state index in [-0.39, 0.29) is 16.5 Å². The van der Waals surface area contributed by atoms with Gasteiger partial charge in [0.25, 0.3) is 0 Å². The summed E-state index contributed by atoms with van der Waals surface area (Å²) in [6.45, 7) is 2.31. The highest BCUT2D eigenvalue weighted by atomic mass is 35.5. The van der Waals surface area contributed by atoms with Gasteiger partial charge >= 0.3 is 0 Å². The number of hydrogen-bond donors (Lipinski definition) is 1. The minimum atomic E-state index is -2.39. The topological polar surface area (TPSA) is 80.2 Å². The van der Waals surface area contributed by atoms with Gasteiger partial charge in [-0.3, -0.25) is 4.72 Å². The molecule has 0 amide bonds. The molecule has 4 aromatic rings. The fourth-order valence-corrected chi connectivity index (χ4v) is 5.82. The summed E-state index contributed by atoms with van der Waals surface area (Å²) in [5.41, 5.74) is 0.629. The molecule has 3 heterocycles. The van der Waals surface area contributed by atoms with E-state index in [1.165, 1.54) is 35.7 Å². The van der Waals surface area contributed by atoms with Crippen LogP contribution in [0.4, 0.5) is 24.0 Å². The molecule has 1 fully saturated rings. The number of ether oxygens (including phenoxy) is 1. The molecule has 0 radical (unpaired) electrons. The third kappa shape index (κ3) is 4.94.